The predicted molar refractivity (Wildman–Crippen MR) is 73.4 cm³/mol. The Bertz CT molecular complexity index is 737. The van der Waals surface area contributed by atoms with E-state index in [0.29, 0.717) is 23.4 Å². The van der Waals surface area contributed by atoms with Gasteiger partial charge in [-0.25, -0.2) is 22.0 Å². The molecule has 9 heteroatoms. The zero-order valence-corrected chi connectivity index (χ0v) is 13.0. The maximum Gasteiger partial charge on any atom is 0.247 e. The molecule has 1 aliphatic rings. The highest BCUT2D eigenvalue weighted by atomic mass is 32.3. The first-order valence-corrected chi connectivity index (χ1v) is 9.50. The van der Waals surface area contributed by atoms with Crippen molar-refractivity contribution in [1.82, 2.24) is 5.32 Å². The molecule has 1 aromatic rings. The van der Waals surface area contributed by atoms with Crippen molar-refractivity contribution < 1.29 is 18.2 Å². The van der Waals surface area contributed by atoms with Crippen LogP contribution in [0.15, 0.2) is 14.5 Å². The zero-order valence-electron chi connectivity index (χ0n) is 11.5. The molecule has 1 aromatic heterocycles. The van der Waals surface area contributed by atoms with Crippen LogP contribution in [0.4, 0.5) is 0 Å². The second kappa shape index (κ2) is 4.81. The Balaban J connectivity index is 2.71. The smallest absolute Gasteiger partial charge is 0.247 e. The molecule has 0 aliphatic carbocycles. The molecule has 0 bridgehead atoms. The quantitative estimate of drug-likeness (QED) is 0.847. The van der Waals surface area contributed by atoms with E-state index >= 15 is 0 Å². The molecular formula is C10H16N2O4S3. The van der Waals surface area contributed by atoms with Gasteiger partial charge in [0.25, 0.3) is 0 Å². The molecule has 0 aromatic carbocycles. The molecule has 3 N–H and O–H groups in total. The summed E-state index contributed by atoms with van der Waals surface area (Å²) in [4.78, 5) is 0. The third kappa shape index (κ3) is 2.57. The van der Waals surface area contributed by atoms with Crippen LogP contribution >= 0.6 is 11.3 Å². The number of primary sulfonamides is 1. The summed E-state index contributed by atoms with van der Waals surface area (Å²) in [5, 5.41) is 6.46. The van der Waals surface area contributed by atoms with Crippen molar-refractivity contribution in [3.8, 4) is 0 Å². The van der Waals surface area contributed by atoms with E-state index < -0.39 is 25.1 Å². The van der Waals surface area contributed by atoms with Gasteiger partial charge >= 0.3 is 0 Å². The van der Waals surface area contributed by atoms with Gasteiger partial charge in [0.15, 0.2) is 9.84 Å². The fraction of sp³-hybridized carbons (Fsp3) is 0.600. The number of hydrogen-bond acceptors (Lipinski definition) is 6. The summed E-state index contributed by atoms with van der Waals surface area (Å²) in [6.45, 7) is 3.77. The van der Waals surface area contributed by atoms with Crippen LogP contribution in [-0.2, 0) is 19.9 Å². The van der Waals surface area contributed by atoms with Crippen molar-refractivity contribution in [2.24, 2.45) is 5.14 Å². The summed E-state index contributed by atoms with van der Waals surface area (Å²) in [5.41, 5.74) is 0.394. The summed E-state index contributed by atoms with van der Waals surface area (Å²) in [7, 11) is -7.84. The van der Waals surface area contributed by atoms with Crippen molar-refractivity contribution in [3.63, 3.8) is 0 Å². The molecule has 6 nitrogen and oxygen atoms in total. The maximum absolute atomic E-state index is 12.4. The molecule has 0 saturated heterocycles. The topological polar surface area (TPSA) is 106 Å². The van der Waals surface area contributed by atoms with E-state index in [4.69, 9.17) is 6.51 Å². The van der Waals surface area contributed by atoms with E-state index in [1.54, 1.807) is 0 Å². The van der Waals surface area contributed by atoms with Gasteiger partial charge in [-0.2, -0.15) is 0 Å². The molecule has 0 radical (unpaired) electrons. The summed E-state index contributed by atoms with van der Waals surface area (Å²) in [6.07, 6.45) is 0.0664. The van der Waals surface area contributed by atoms with Crippen LogP contribution in [0.5, 0.6) is 0 Å². The first-order valence-electron chi connectivity index (χ1n) is 6.15. The third-order valence-corrected chi connectivity index (χ3v) is 8.09. The van der Waals surface area contributed by atoms with Crippen LogP contribution < -0.4 is 10.5 Å². The van der Waals surface area contributed by atoms with Crippen molar-refractivity contribution in [1.29, 1.82) is 0 Å². The molecule has 0 spiro atoms. The highest BCUT2D eigenvalue weighted by Crippen LogP contribution is 2.42. The molecule has 1 aliphatic heterocycles. The lowest BCUT2D eigenvalue weighted by Gasteiger charge is -2.27. The van der Waals surface area contributed by atoms with Gasteiger partial charge in [0.1, 0.15) is 8.42 Å². The average Bonchev–Trinajstić information content (AvgIpc) is 2.71. The van der Waals surface area contributed by atoms with E-state index in [1.165, 1.54) is 13.0 Å². The molecule has 2 atom stereocenters. The van der Waals surface area contributed by atoms with Gasteiger partial charge in [0.2, 0.25) is 10.0 Å². The van der Waals surface area contributed by atoms with Crippen LogP contribution in [0.3, 0.4) is 0 Å². The molecule has 0 saturated carbocycles. The first-order chi connectivity index (χ1) is 9.00. The van der Waals surface area contributed by atoms with E-state index in [2.05, 4.69) is 5.32 Å². The summed E-state index contributed by atoms with van der Waals surface area (Å²) >= 11 is 0.620. The van der Waals surface area contributed by atoms with Crippen molar-refractivity contribution in [2.75, 3.05) is 6.54 Å². The van der Waals surface area contributed by atoms with Gasteiger partial charge in [-0.05, 0) is 26.0 Å². The lowest BCUT2D eigenvalue weighted by molar-refractivity contribution is 0.477. The Morgan fingerprint density at radius 2 is 2.26 bits per heavy atom. The molecule has 19 heavy (non-hydrogen) atoms. The Labute approximate surface area is 118 Å². The minimum Gasteiger partial charge on any atom is -0.310 e. The van der Waals surface area contributed by atoms with Gasteiger partial charge in [0.05, 0.1) is 5.23 Å². The number of thiophene rings is 1. The number of nitrogens with one attached hydrogen (secondary N) is 1. The maximum atomic E-state index is 12.4. The largest absolute Gasteiger partial charge is 0.310 e. The third-order valence-electron chi connectivity index (χ3n) is 3.00. The SMILES string of the molecule is [2H][C@]1(C)C[C@H](NCC)c2cc(S(N)(=O)=O)sc2S1(=O)=O. The normalized spacial score (nSPS) is 30.7. The fourth-order valence-corrected chi connectivity index (χ4v) is 6.25. The number of hydrogen-bond donors (Lipinski definition) is 2. The fourth-order valence-electron chi connectivity index (χ4n) is 2.05. The second-order valence-corrected chi connectivity index (χ2v) is 9.58. The van der Waals surface area contributed by atoms with Crippen LogP contribution in [0.1, 0.15) is 33.2 Å². The summed E-state index contributed by atoms with van der Waals surface area (Å²) < 4.78 is 55.3. The Morgan fingerprint density at radius 3 is 2.79 bits per heavy atom. The van der Waals surface area contributed by atoms with Crippen molar-refractivity contribution in [3.05, 3.63) is 11.6 Å². The van der Waals surface area contributed by atoms with Crippen molar-refractivity contribution >= 4 is 31.2 Å². The van der Waals surface area contributed by atoms with Crippen molar-refractivity contribution in [2.45, 2.75) is 40.0 Å². The number of nitrogens with two attached hydrogens (primary N) is 1. The van der Waals surface area contributed by atoms with Crippen LogP contribution in [0.2, 0.25) is 0 Å². The second-order valence-electron chi connectivity index (χ2n) is 4.37. The monoisotopic (exact) mass is 325 g/mol. The number of rotatable bonds is 3. The van der Waals surface area contributed by atoms with Gasteiger partial charge < -0.3 is 5.32 Å². The number of sulfonamides is 1. The van der Waals surface area contributed by atoms with E-state index in [1.807, 2.05) is 6.92 Å². The Morgan fingerprint density at radius 1 is 1.63 bits per heavy atom. The summed E-state index contributed by atoms with van der Waals surface area (Å²) in [5.74, 6) is 0. The van der Waals surface area contributed by atoms with E-state index in [9.17, 15) is 16.8 Å². The Hall–Kier alpha value is -0.480. The molecule has 0 unspecified atom stereocenters. The molecule has 108 valence electrons. The standard InChI is InChI=1S/C10H16N2O4S3/c1-3-12-8-4-6(2)18(13,14)10-7(8)5-9(17-10)19(11,15)16/h5-6,8,12H,3-4H2,1-2H3,(H2,11,15,16)/t6-,8-/m0/s1/i6D. The zero-order chi connectivity index (χ0) is 15.3. The lowest BCUT2D eigenvalue weighted by Crippen LogP contribution is -2.33. The Kier molecular flexibility index (Phi) is 3.42. The lowest BCUT2D eigenvalue weighted by atomic mass is 10.1. The van der Waals surface area contributed by atoms with E-state index in [0.717, 1.165) is 0 Å². The summed E-state index contributed by atoms with van der Waals surface area (Å²) in [6, 6.07) is 0.933. The van der Waals surface area contributed by atoms with Crippen LogP contribution in [0.25, 0.3) is 0 Å². The molecule has 0 fully saturated rings. The van der Waals surface area contributed by atoms with E-state index in [-0.39, 0.29) is 20.9 Å². The number of fused-ring (bicyclic) bond motifs is 1. The van der Waals surface area contributed by atoms with Gasteiger partial charge in [-0.1, -0.05) is 6.92 Å². The van der Waals surface area contributed by atoms with Crippen LogP contribution in [0, 0.1) is 0 Å². The minimum atomic E-state index is -3.96. The van der Waals surface area contributed by atoms with Crippen LogP contribution in [-0.4, -0.2) is 28.6 Å². The minimum absolute atomic E-state index is 0.0664. The van der Waals surface area contributed by atoms with Gasteiger partial charge in [0, 0.05) is 13.0 Å². The predicted octanol–water partition coefficient (Wildman–Crippen LogP) is 0.612. The van der Waals surface area contributed by atoms with Gasteiger partial charge in [-0.15, -0.1) is 11.3 Å². The first kappa shape index (κ1) is 13.5. The average molecular weight is 325 g/mol. The molecular weight excluding hydrogens is 308 g/mol. The highest BCUT2D eigenvalue weighted by molar-refractivity contribution is 7.95. The molecule has 2 heterocycles. The number of sulfone groups is 1. The van der Waals surface area contributed by atoms with Gasteiger partial charge in [-0.3, -0.25) is 0 Å². The molecule has 2 rings (SSSR count). The highest BCUT2D eigenvalue weighted by Gasteiger charge is 2.39. The molecule has 0 amide bonds.